The second kappa shape index (κ2) is 6.35. The maximum Gasteiger partial charge on any atom is 0.0373 e. The highest BCUT2D eigenvalue weighted by atomic mass is 15.1. The van der Waals surface area contributed by atoms with E-state index in [1.807, 2.05) is 0 Å². The maximum absolute atomic E-state index is 6.11. The fraction of sp³-hybridized carbons (Fsp3) is 0.700. The van der Waals surface area contributed by atoms with E-state index in [1.165, 1.54) is 75.0 Å². The van der Waals surface area contributed by atoms with E-state index >= 15 is 0 Å². The Balaban J connectivity index is 1.40. The molecule has 23 heavy (non-hydrogen) atoms. The number of fused-ring (bicyclic) bond motifs is 1. The highest BCUT2D eigenvalue weighted by Gasteiger charge is 2.40. The summed E-state index contributed by atoms with van der Waals surface area (Å²) in [5, 5.41) is 3.82. The monoisotopic (exact) mass is 313 g/mol. The summed E-state index contributed by atoms with van der Waals surface area (Å²) in [6, 6.07) is 8.11. The zero-order chi connectivity index (χ0) is 15.8. The van der Waals surface area contributed by atoms with Crippen molar-refractivity contribution < 1.29 is 0 Å². The summed E-state index contributed by atoms with van der Waals surface area (Å²) < 4.78 is 0. The van der Waals surface area contributed by atoms with Crippen molar-refractivity contribution in [2.45, 2.75) is 64.0 Å². The summed E-state index contributed by atoms with van der Waals surface area (Å²) in [4.78, 5) is 2.54. The van der Waals surface area contributed by atoms with Crippen LogP contribution in [0.4, 0.5) is 11.4 Å². The molecule has 3 nitrogen and oxygen atoms in total. The molecule has 2 saturated carbocycles. The number of benzene rings is 1. The van der Waals surface area contributed by atoms with Crippen LogP contribution in [-0.4, -0.2) is 25.2 Å². The number of nitrogens with zero attached hydrogens (tertiary/aromatic N) is 1. The van der Waals surface area contributed by atoms with Crippen LogP contribution in [0.3, 0.4) is 0 Å². The molecule has 3 aliphatic rings. The Kier molecular flexibility index (Phi) is 4.23. The SMILES string of the molecule is Cc1cc(N2CCCCC2)ccc1NC1C[C@H]2CC(N)C[C@H]2C1. The molecule has 0 bridgehead atoms. The predicted octanol–water partition coefficient (Wildman–Crippen LogP) is 3.91. The van der Waals surface area contributed by atoms with E-state index in [0.717, 1.165) is 11.8 Å². The van der Waals surface area contributed by atoms with Gasteiger partial charge in [0.15, 0.2) is 0 Å². The van der Waals surface area contributed by atoms with E-state index in [4.69, 9.17) is 5.73 Å². The van der Waals surface area contributed by atoms with Gasteiger partial charge in [-0.2, -0.15) is 0 Å². The first-order chi connectivity index (χ1) is 11.2. The quantitative estimate of drug-likeness (QED) is 0.889. The van der Waals surface area contributed by atoms with Gasteiger partial charge >= 0.3 is 0 Å². The van der Waals surface area contributed by atoms with Crippen molar-refractivity contribution in [1.82, 2.24) is 0 Å². The summed E-state index contributed by atoms with van der Waals surface area (Å²) in [5.41, 5.74) is 10.2. The summed E-state index contributed by atoms with van der Waals surface area (Å²) in [5.74, 6) is 1.74. The summed E-state index contributed by atoms with van der Waals surface area (Å²) in [6.07, 6.45) is 9.18. The second-order valence-electron chi connectivity index (χ2n) is 8.11. The van der Waals surface area contributed by atoms with E-state index < -0.39 is 0 Å². The lowest BCUT2D eigenvalue weighted by Crippen LogP contribution is -2.29. The van der Waals surface area contributed by atoms with Gasteiger partial charge in [-0.05, 0) is 87.5 Å². The molecule has 1 aromatic carbocycles. The van der Waals surface area contributed by atoms with Crippen LogP contribution in [0, 0.1) is 18.8 Å². The largest absolute Gasteiger partial charge is 0.382 e. The predicted molar refractivity (Wildman–Crippen MR) is 98.1 cm³/mol. The van der Waals surface area contributed by atoms with E-state index in [-0.39, 0.29) is 0 Å². The summed E-state index contributed by atoms with van der Waals surface area (Å²) in [7, 11) is 0. The van der Waals surface area contributed by atoms with Crippen LogP contribution in [0.15, 0.2) is 18.2 Å². The first kappa shape index (κ1) is 15.3. The smallest absolute Gasteiger partial charge is 0.0373 e. The Bertz CT molecular complexity index is 536. The number of nitrogens with one attached hydrogen (secondary N) is 1. The highest BCUT2D eigenvalue weighted by molar-refractivity contribution is 5.60. The van der Waals surface area contributed by atoms with Crippen molar-refractivity contribution >= 4 is 11.4 Å². The highest BCUT2D eigenvalue weighted by Crippen LogP contribution is 2.44. The number of rotatable bonds is 3. The van der Waals surface area contributed by atoms with Crippen LogP contribution in [0.1, 0.15) is 50.5 Å². The van der Waals surface area contributed by atoms with Gasteiger partial charge in [-0.1, -0.05) is 0 Å². The summed E-state index contributed by atoms with van der Waals surface area (Å²) >= 11 is 0. The third-order valence-electron chi connectivity index (χ3n) is 6.34. The number of hydrogen-bond donors (Lipinski definition) is 2. The van der Waals surface area contributed by atoms with Gasteiger partial charge < -0.3 is 16.0 Å². The Morgan fingerprint density at radius 1 is 1.00 bits per heavy atom. The molecule has 2 unspecified atom stereocenters. The first-order valence-corrected chi connectivity index (χ1v) is 9.57. The van der Waals surface area contributed by atoms with Crippen molar-refractivity contribution in [3.63, 3.8) is 0 Å². The van der Waals surface area contributed by atoms with E-state index in [0.29, 0.717) is 12.1 Å². The van der Waals surface area contributed by atoms with Crippen LogP contribution in [0.25, 0.3) is 0 Å². The molecule has 126 valence electrons. The molecule has 1 saturated heterocycles. The zero-order valence-electron chi connectivity index (χ0n) is 14.4. The molecule has 4 atom stereocenters. The minimum Gasteiger partial charge on any atom is -0.382 e. The van der Waals surface area contributed by atoms with Crippen LogP contribution in [0.2, 0.25) is 0 Å². The summed E-state index contributed by atoms with van der Waals surface area (Å²) in [6.45, 7) is 4.69. The lowest BCUT2D eigenvalue weighted by molar-refractivity contribution is 0.457. The Morgan fingerprint density at radius 3 is 2.35 bits per heavy atom. The van der Waals surface area contributed by atoms with Crippen LogP contribution < -0.4 is 16.0 Å². The molecule has 0 aromatic heterocycles. The van der Waals surface area contributed by atoms with Crippen molar-refractivity contribution in [3.8, 4) is 0 Å². The second-order valence-corrected chi connectivity index (χ2v) is 8.11. The van der Waals surface area contributed by atoms with E-state index in [9.17, 15) is 0 Å². The Hall–Kier alpha value is -1.22. The zero-order valence-corrected chi connectivity index (χ0v) is 14.4. The van der Waals surface area contributed by atoms with Gasteiger partial charge in [-0.3, -0.25) is 0 Å². The molecular formula is C20H31N3. The molecule has 3 fully saturated rings. The molecule has 1 aromatic rings. The van der Waals surface area contributed by atoms with Gasteiger partial charge in [0, 0.05) is 36.5 Å². The normalized spacial score (nSPS) is 33.7. The number of aryl methyl sites for hydroxylation is 1. The van der Waals surface area contributed by atoms with Gasteiger partial charge in [0.1, 0.15) is 0 Å². The molecule has 0 amide bonds. The van der Waals surface area contributed by atoms with E-state index in [1.54, 1.807) is 0 Å². The number of piperidine rings is 1. The molecule has 3 heteroatoms. The molecule has 0 spiro atoms. The Morgan fingerprint density at radius 2 is 1.70 bits per heavy atom. The average molecular weight is 313 g/mol. The van der Waals surface area contributed by atoms with Gasteiger partial charge in [-0.15, -0.1) is 0 Å². The topological polar surface area (TPSA) is 41.3 Å². The fourth-order valence-electron chi connectivity index (χ4n) is 5.16. The van der Waals surface area contributed by atoms with Crippen LogP contribution in [-0.2, 0) is 0 Å². The minimum atomic E-state index is 0.469. The average Bonchev–Trinajstić information content (AvgIpc) is 3.07. The number of nitrogens with two attached hydrogens (primary N) is 1. The van der Waals surface area contributed by atoms with Crippen molar-refractivity contribution in [2.24, 2.45) is 17.6 Å². The Labute approximate surface area is 140 Å². The van der Waals surface area contributed by atoms with Crippen LogP contribution >= 0.6 is 0 Å². The van der Waals surface area contributed by atoms with Crippen molar-refractivity contribution in [2.75, 3.05) is 23.3 Å². The molecule has 2 aliphatic carbocycles. The molecule has 1 heterocycles. The first-order valence-electron chi connectivity index (χ1n) is 9.57. The van der Waals surface area contributed by atoms with Gasteiger partial charge in [0.25, 0.3) is 0 Å². The molecular weight excluding hydrogens is 282 g/mol. The third kappa shape index (κ3) is 3.21. The lowest BCUT2D eigenvalue weighted by atomic mass is 10.0. The molecule has 1 aliphatic heterocycles. The van der Waals surface area contributed by atoms with Crippen LogP contribution in [0.5, 0.6) is 0 Å². The third-order valence-corrected chi connectivity index (χ3v) is 6.34. The number of anilines is 2. The van der Waals surface area contributed by atoms with Crippen molar-refractivity contribution in [3.05, 3.63) is 23.8 Å². The van der Waals surface area contributed by atoms with E-state index in [2.05, 4.69) is 35.3 Å². The van der Waals surface area contributed by atoms with Gasteiger partial charge in [-0.25, -0.2) is 0 Å². The molecule has 3 N–H and O–H groups in total. The van der Waals surface area contributed by atoms with Gasteiger partial charge in [0.2, 0.25) is 0 Å². The van der Waals surface area contributed by atoms with Gasteiger partial charge in [0.05, 0.1) is 0 Å². The molecule has 4 rings (SSSR count). The maximum atomic E-state index is 6.11. The minimum absolute atomic E-state index is 0.469. The number of hydrogen-bond acceptors (Lipinski definition) is 3. The standard InChI is InChI=1S/C20H31N3/c1-14-9-19(23-7-3-2-4-8-23)5-6-20(14)22-18-12-15-10-17(21)11-16(15)13-18/h5-6,9,15-18,22H,2-4,7-8,10-13,21H2,1H3/t15-,16+,17?,18?. The fourth-order valence-corrected chi connectivity index (χ4v) is 5.16. The molecule has 0 radical (unpaired) electrons. The van der Waals surface area contributed by atoms with Crippen molar-refractivity contribution in [1.29, 1.82) is 0 Å². The lowest BCUT2D eigenvalue weighted by Gasteiger charge is -2.29.